The van der Waals surface area contributed by atoms with E-state index >= 15 is 0 Å². The lowest BCUT2D eigenvalue weighted by atomic mass is 10.1. The van der Waals surface area contributed by atoms with Gasteiger partial charge in [-0.05, 0) is 67.3 Å². The Labute approximate surface area is 209 Å². The summed E-state index contributed by atoms with van der Waals surface area (Å²) in [6, 6.07) is 11.7. The number of nitrogens with zero attached hydrogens (tertiary/aromatic N) is 4. The molecular formula is C28H29N5O3. The third-order valence-electron chi connectivity index (χ3n) is 6.27. The van der Waals surface area contributed by atoms with Crippen molar-refractivity contribution in [3.63, 3.8) is 0 Å². The summed E-state index contributed by atoms with van der Waals surface area (Å²) in [6.07, 6.45) is 5.02. The molecule has 0 radical (unpaired) electrons. The van der Waals surface area contributed by atoms with E-state index in [4.69, 9.17) is 19.1 Å². The van der Waals surface area contributed by atoms with Gasteiger partial charge in [0.2, 0.25) is 0 Å². The van der Waals surface area contributed by atoms with Gasteiger partial charge in [-0.1, -0.05) is 13.0 Å². The summed E-state index contributed by atoms with van der Waals surface area (Å²) in [5.41, 5.74) is 6.52. The first-order chi connectivity index (χ1) is 17.5. The zero-order valence-electron chi connectivity index (χ0n) is 21.0. The molecule has 0 saturated heterocycles. The van der Waals surface area contributed by atoms with Gasteiger partial charge in [0.15, 0.2) is 22.7 Å². The van der Waals surface area contributed by atoms with Gasteiger partial charge in [0.1, 0.15) is 11.3 Å². The lowest BCUT2D eigenvalue weighted by Crippen LogP contribution is -2.25. The quantitative estimate of drug-likeness (QED) is 0.341. The Morgan fingerprint density at radius 3 is 2.75 bits per heavy atom. The fraction of sp³-hybridized carbons (Fsp3) is 0.286. The molecule has 1 aromatic carbocycles. The number of hydrogen-bond donors (Lipinski definition) is 1. The normalized spacial score (nSPS) is 11.3. The summed E-state index contributed by atoms with van der Waals surface area (Å²) >= 11 is 0. The molecule has 36 heavy (non-hydrogen) atoms. The summed E-state index contributed by atoms with van der Waals surface area (Å²) in [5, 5.41) is 3.73. The molecule has 0 aliphatic carbocycles. The van der Waals surface area contributed by atoms with Crippen LogP contribution in [0.5, 0.6) is 5.75 Å². The highest BCUT2D eigenvalue weighted by Crippen LogP contribution is 2.31. The Balaban J connectivity index is 1.42. The number of aromatic nitrogens is 4. The smallest absolute Gasteiger partial charge is 0.287 e. The van der Waals surface area contributed by atoms with Crippen LogP contribution in [0.2, 0.25) is 0 Å². The molecule has 8 nitrogen and oxygen atoms in total. The Morgan fingerprint density at radius 2 is 2.00 bits per heavy atom. The highest BCUT2D eigenvalue weighted by atomic mass is 16.5. The van der Waals surface area contributed by atoms with Crippen LogP contribution in [-0.2, 0) is 19.4 Å². The first kappa shape index (κ1) is 23.5. The Morgan fingerprint density at radius 1 is 1.14 bits per heavy atom. The second kappa shape index (κ2) is 9.81. The van der Waals surface area contributed by atoms with Gasteiger partial charge in [-0.25, -0.2) is 9.97 Å². The number of rotatable bonds is 8. The molecular weight excluding hydrogens is 454 g/mol. The number of carbonyl (C=O) groups is 1. The SMILES string of the molecule is CCc1nc2c(C)cc(C)nc2n1Cc1cc(OC)c2oc(C(=O)NCCc3cccnc3)cc2c1. The number of furan rings is 1. The van der Waals surface area contributed by atoms with Gasteiger partial charge in [-0.15, -0.1) is 0 Å². The highest BCUT2D eigenvalue weighted by molar-refractivity contribution is 5.97. The van der Waals surface area contributed by atoms with Gasteiger partial charge >= 0.3 is 0 Å². The summed E-state index contributed by atoms with van der Waals surface area (Å²) in [6.45, 7) is 7.23. The zero-order valence-corrected chi connectivity index (χ0v) is 21.0. The van der Waals surface area contributed by atoms with Crippen LogP contribution in [0.25, 0.3) is 22.1 Å². The third kappa shape index (κ3) is 4.54. The monoisotopic (exact) mass is 483 g/mol. The van der Waals surface area contributed by atoms with E-state index in [9.17, 15) is 4.79 Å². The van der Waals surface area contributed by atoms with Gasteiger partial charge < -0.3 is 19.0 Å². The van der Waals surface area contributed by atoms with Crippen molar-refractivity contribution in [2.45, 2.75) is 40.2 Å². The van der Waals surface area contributed by atoms with Crippen LogP contribution in [0, 0.1) is 13.8 Å². The van der Waals surface area contributed by atoms with Crippen molar-refractivity contribution in [1.82, 2.24) is 24.8 Å². The summed E-state index contributed by atoms with van der Waals surface area (Å²) in [5.74, 6) is 1.55. The molecule has 0 bridgehead atoms. The number of fused-ring (bicyclic) bond motifs is 2. The number of pyridine rings is 2. The molecule has 0 atom stereocenters. The van der Waals surface area contributed by atoms with E-state index in [2.05, 4.69) is 34.8 Å². The van der Waals surface area contributed by atoms with Crippen molar-refractivity contribution in [2.75, 3.05) is 13.7 Å². The maximum absolute atomic E-state index is 12.8. The molecule has 0 spiro atoms. The van der Waals surface area contributed by atoms with E-state index in [1.165, 1.54) is 0 Å². The largest absolute Gasteiger partial charge is 0.493 e. The van der Waals surface area contributed by atoms with Gasteiger partial charge in [-0.2, -0.15) is 0 Å². The first-order valence-electron chi connectivity index (χ1n) is 12.1. The minimum Gasteiger partial charge on any atom is -0.493 e. The van der Waals surface area contributed by atoms with Crippen LogP contribution < -0.4 is 10.1 Å². The molecule has 0 unspecified atom stereocenters. The minimum atomic E-state index is -0.261. The lowest BCUT2D eigenvalue weighted by Gasteiger charge is -2.10. The molecule has 5 aromatic rings. The van der Waals surface area contributed by atoms with Crippen LogP contribution >= 0.6 is 0 Å². The molecule has 184 valence electrons. The van der Waals surface area contributed by atoms with Gasteiger partial charge in [0.05, 0.1) is 13.7 Å². The molecule has 0 aliphatic rings. The maximum Gasteiger partial charge on any atom is 0.287 e. The van der Waals surface area contributed by atoms with E-state index in [1.807, 2.05) is 31.2 Å². The average Bonchev–Trinajstić information content (AvgIpc) is 3.46. The molecule has 4 aromatic heterocycles. The van der Waals surface area contributed by atoms with Crippen molar-refractivity contribution in [1.29, 1.82) is 0 Å². The predicted octanol–water partition coefficient (Wildman–Crippen LogP) is 4.78. The molecule has 8 heteroatoms. The molecule has 0 fully saturated rings. The van der Waals surface area contributed by atoms with Crippen LogP contribution in [0.3, 0.4) is 0 Å². The number of aryl methyl sites for hydroxylation is 3. The van der Waals surface area contributed by atoms with E-state index in [1.54, 1.807) is 25.6 Å². The van der Waals surface area contributed by atoms with E-state index < -0.39 is 0 Å². The highest BCUT2D eigenvalue weighted by Gasteiger charge is 2.18. The first-order valence-corrected chi connectivity index (χ1v) is 12.1. The summed E-state index contributed by atoms with van der Waals surface area (Å²) in [7, 11) is 1.60. The van der Waals surface area contributed by atoms with Crippen LogP contribution in [0.4, 0.5) is 0 Å². The molecule has 1 N–H and O–H groups in total. The van der Waals surface area contributed by atoms with Crippen molar-refractivity contribution < 1.29 is 13.9 Å². The van der Waals surface area contributed by atoms with Crippen LogP contribution in [0.15, 0.2) is 53.2 Å². The van der Waals surface area contributed by atoms with Crippen molar-refractivity contribution in [3.05, 3.63) is 82.8 Å². The fourth-order valence-electron chi connectivity index (χ4n) is 4.56. The van der Waals surface area contributed by atoms with Crippen molar-refractivity contribution in [3.8, 4) is 5.75 Å². The predicted molar refractivity (Wildman–Crippen MR) is 139 cm³/mol. The second-order valence-corrected chi connectivity index (χ2v) is 8.91. The van der Waals surface area contributed by atoms with Crippen molar-refractivity contribution in [2.24, 2.45) is 0 Å². The average molecular weight is 484 g/mol. The molecule has 4 heterocycles. The number of ether oxygens (including phenoxy) is 1. The molecule has 1 amide bonds. The summed E-state index contributed by atoms with van der Waals surface area (Å²) < 4.78 is 13.7. The molecule has 5 rings (SSSR count). The molecule has 0 aliphatic heterocycles. The van der Waals surface area contributed by atoms with Gasteiger partial charge in [0, 0.05) is 36.4 Å². The van der Waals surface area contributed by atoms with Gasteiger partial charge in [0.25, 0.3) is 5.91 Å². The van der Waals surface area contributed by atoms with E-state index in [0.29, 0.717) is 30.8 Å². The fourth-order valence-corrected chi connectivity index (χ4v) is 4.56. The van der Waals surface area contributed by atoms with Gasteiger partial charge in [-0.3, -0.25) is 9.78 Å². The van der Waals surface area contributed by atoms with E-state index in [0.717, 1.165) is 51.2 Å². The number of hydrogen-bond acceptors (Lipinski definition) is 6. The Hall–Kier alpha value is -4.20. The molecule has 0 saturated carbocycles. The number of benzene rings is 1. The standard InChI is InChI=1S/C28H29N5O3/c1-5-24-32-25-17(2)11-18(3)31-27(25)33(24)16-20-12-21-14-23(36-26(21)22(13-20)35-4)28(34)30-10-8-19-7-6-9-29-15-19/h6-7,9,11-15H,5,8,10,16H2,1-4H3,(H,30,34). The lowest BCUT2D eigenvalue weighted by molar-refractivity contribution is 0.0928. The second-order valence-electron chi connectivity index (χ2n) is 8.91. The Bertz CT molecular complexity index is 1550. The number of amides is 1. The van der Waals surface area contributed by atoms with Crippen LogP contribution in [0.1, 0.15) is 45.7 Å². The third-order valence-corrected chi connectivity index (χ3v) is 6.27. The number of methoxy groups -OCH3 is 1. The zero-order chi connectivity index (χ0) is 25.2. The minimum absolute atomic E-state index is 0.252. The number of carbonyl (C=O) groups excluding carboxylic acids is 1. The maximum atomic E-state index is 12.8. The number of nitrogens with one attached hydrogen (secondary N) is 1. The van der Waals surface area contributed by atoms with Crippen molar-refractivity contribution >= 4 is 28.0 Å². The van der Waals surface area contributed by atoms with E-state index in [-0.39, 0.29) is 11.7 Å². The van der Waals surface area contributed by atoms with Crippen LogP contribution in [-0.4, -0.2) is 39.1 Å². The Kier molecular flexibility index (Phi) is 6.41. The summed E-state index contributed by atoms with van der Waals surface area (Å²) in [4.78, 5) is 26.5. The number of imidazole rings is 1. The topological polar surface area (TPSA) is 95.1 Å².